The van der Waals surface area contributed by atoms with Crippen LogP contribution >= 0.6 is 0 Å². The largest absolute Gasteiger partial charge is 0.359 e. The van der Waals surface area contributed by atoms with Crippen LogP contribution in [0.1, 0.15) is 40.7 Å². The Bertz CT molecular complexity index is 1190. The third-order valence-electron chi connectivity index (χ3n) is 5.82. The van der Waals surface area contributed by atoms with Crippen molar-refractivity contribution in [2.45, 2.75) is 32.6 Å². The SMILES string of the molecule is CCc1nc2ccc(C(=O)NCCc3ccccn3)cn2c1N(C)CCCc1ccccc1. The van der Waals surface area contributed by atoms with Crippen molar-refractivity contribution in [3.8, 4) is 0 Å². The number of aryl methyl sites for hydroxylation is 2. The van der Waals surface area contributed by atoms with Crippen LogP contribution in [0.4, 0.5) is 5.82 Å². The van der Waals surface area contributed by atoms with Crippen LogP contribution in [-0.2, 0) is 19.3 Å². The van der Waals surface area contributed by atoms with E-state index in [1.165, 1.54) is 5.56 Å². The van der Waals surface area contributed by atoms with Gasteiger partial charge in [0.25, 0.3) is 5.91 Å². The van der Waals surface area contributed by atoms with Crippen molar-refractivity contribution in [2.24, 2.45) is 0 Å². The zero-order valence-corrected chi connectivity index (χ0v) is 19.4. The highest BCUT2D eigenvalue weighted by molar-refractivity contribution is 5.94. The summed E-state index contributed by atoms with van der Waals surface area (Å²) in [6.07, 6.45) is 7.30. The Balaban J connectivity index is 1.45. The minimum absolute atomic E-state index is 0.0859. The lowest BCUT2D eigenvalue weighted by molar-refractivity contribution is 0.0953. The molecule has 0 bridgehead atoms. The van der Waals surface area contributed by atoms with Crippen molar-refractivity contribution < 1.29 is 4.79 Å². The Kier molecular flexibility index (Phi) is 7.35. The lowest BCUT2D eigenvalue weighted by Gasteiger charge is -2.20. The minimum Gasteiger partial charge on any atom is -0.359 e. The summed E-state index contributed by atoms with van der Waals surface area (Å²) in [4.78, 5) is 24.1. The Morgan fingerprint density at radius 1 is 1.03 bits per heavy atom. The Morgan fingerprint density at radius 3 is 2.61 bits per heavy atom. The molecule has 6 heteroatoms. The number of hydrogen-bond donors (Lipinski definition) is 1. The van der Waals surface area contributed by atoms with E-state index in [0.717, 1.165) is 48.7 Å². The highest BCUT2D eigenvalue weighted by Crippen LogP contribution is 2.23. The molecule has 170 valence electrons. The van der Waals surface area contributed by atoms with Crippen LogP contribution < -0.4 is 10.2 Å². The molecule has 0 spiro atoms. The molecule has 3 aromatic heterocycles. The number of imidazole rings is 1. The number of amides is 1. The molecule has 0 radical (unpaired) electrons. The summed E-state index contributed by atoms with van der Waals surface area (Å²) in [5, 5.41) is 3.01. The number of nitrogens with zero attached hydrogens (tertiary/aromatic N) is 4. The number of pyridine rings is 2. The smallest absolute Gasteiger partial charge is 0.252 e. The van der Waals surface area contributed by atoms with Gasteiger partial charge in [-0.05, 0) is 49.1 Å². The van der Waals surface area contributed by atoms with Crippen molar-refractivity contribution in [1.29, 1.82) is 0 Å². The van der Waals surface area contributed by atoms with Crippen LogP contribution in [0.5, 0.6) is 0 Å². The lowest BCUT2D eigenvalue weighted by atomic mass is 10.1. The molecule has 0 unspecified atom stereocenters. The molecule has 1 aromatic carbocycles. The fourth-order valence-electron chi connectivity index (χ4n) is 4.08. The van der Waals surface area contributed by atoms with Gasteiger partial charge in [0.2, 0.25) is 0 Å². The number of carbonyl (C=O) groups is 1. The summed E-state index contributed by atoms with van der Waals surface area (Å²) >= 11 is 0. The number of aromatic nitrogens is 3. The van der Waals surface area contributed by atoms with Gasteiger partial charge in [-0.25, -0.2) is 4.98 Å². The van der Waals surface area contributed by atoms with Crippen LogP contribution in [0.15, 0.2) is 73.1 Å². The standard InChI is InChI=1S/C27H31N5O/c1-3-24-27(31(2)19-9-12-21-10-5-4-6-11-21)32-20-22(14-15-25(32)30-24)26(33)29-18-16-23-13-7-8-17-28-23/h4-8,10-11,13-15,17,20H,3,9,12,16,18-19H2,1-2H3,(H,29,33). The second-order valence-corrected chi connectivity index (χ2v) is 8.22. The molecule has 6 nitrogen and oxygen atoms in total. The first kappa shape index (κ1) is 22.5. The normalized spacial score (nSPS) is 11.0. The topological polar surface area (TPSA) is 62.5 Å². The van der Waals surface area contributed by atoms with E-state index >= 15 is 0 Å². The summed E-state index contributed by atoms with van der Waals surface area (Å²) in [7, 11) is 2.10. The summed E-state index contributed by atoms with van der Waals surface area (Å²) in [6.45, 7) is 3.58. The van der Waals surface area contributed by atoms with Crippen LogP contribution in [-0.4, -0.2) is 40.4 Å². The van der Waals surface area contributed by atoms with E-state index < -0.39 is 0 Å². The molecule has 3 heterocycles. The number of rotatable bonds is 10. The van der Waals surface area contributed by atoms with Gasteiger partial charge in [0.1, 0.15) is 11.5 Å². The van der Waals surface area contributed by atoms with Crippen LogP contribution in [0.2, 0.25) is 0 Å². The minimum atomic E-state index is -0.0859. The third-order valence-corrected chi connectivity index (χ3v) is 5.82. The maximum atomic E-state index is 12.8. The summed E-state index contributed by atoms with van der Waals surface area (Å²) < 4.78 is 2.05. The first-order chi connectivity index (χ1) is 16.2. The van der Waals surface area contributed by atoms with Gasteiger partial charge in [-0.1, -0.05) is 43.3 Å². The quantitative estimate of drug-likeness (QED) is 0.398. The molecule has 0 fully saturated rings. The molecule has 4 aromatic rings. The average molecular weight is 442 g/mol. The van der Waals surface area contributed by atoms with E-state index in [4.69, 9.17) is 4.98 Å². The molecule has 0 atom stereocenters. The van der Waals surface area contributed by atoms with Crippen molar-refractivity contribution >= 4 is 17.4 Å². The predicted molar refractivity (Wildman–Crippen MR) is 133 cm³/mol. The van der Waals surface area contributed by atoms with E-state index in [-0.39, 0.29) is 5.91 Å². The maximum absolute atomic E-state index is 12.8. The Morgan fingerprint density at radius 2 is 1.85 bits per heavy atom. The van der Waals surface area contributed by atoms with Gasteiger partial charge in [0.05, 0.1) is 11.3 Å². The van der Waals surface area contributed by atoms with Crippen molar-refractivity contribution in [3.05, 3.63) is 95.6 Å². The average Bonchev–Trinajstić information content (AvgIpc) is 3.23. The first-order valence-electron chi connectivity index (χ1n) is 11.6. The van der Waals surface area contributed by atoms with E-state index in [1.807, 2.05) is 42.6 Å². The molecule has 33 heavy (non-hydrogen) atoms. The summed E-state index contributed by atoms with van der Waals surface area (Å²) in [5.74, 6) is 0.973. The highest BCUT2D eigenvalue weighted by atomic mass is 16.1. The molecule has 1 N–H and O–H groups in total. The van der Waals surface area contributed by atoms with Crippen LogP contribution in [0.3, 0.4) is 0 Å². The third kappa shape index (κ3) is 5.58. The number of anilines is 1. The number of fused-ring (bicyclic) bond motifs is 1. The highest BCUT2D eigenvalue weighted by Gasteiger charge is 2.16. The zero-order chi connectivity index (χ0) is 23.0. The van der Waals surface area contributed by atoms with Gasteiger partial charge in [-0.3, -0.25) is 14.2 Å². The zero-order valence-electron chi connectivity index (χ0n) is 19.4. The van der Waals surface area contributed by atoms with Gasteiger partial charge >= 0.3 is 0 Å². The fourth-order valence-corrected chi connectivity index (χ4v) is 4.08. The Hall–Kier alpha value is -3.67. The number of hydrogen-bond acceptors (Lipinski definition) is 4. The molecule has 0 saturated carbocycles. The molecule has 0 saturated heterocycles. The summed E-state index contributed by atoms with van der Waals surface area (Å²) in [5.41, 5.74) is 4.86. The predicted octanol–water partition coefficient (Wildman–Crippen LogP) is 4.33. The second kappa shape index (κ2) is 10.8. The summed E-state index contributed by atoms with van der Waals surface area (Å²) in [6, 6.07) is 20.1. The lowest BCUT2D eigenvalue weighted by Crippen LogP contribution is -2.26. The molecule has 4 rings (SSSR count). The number of benzene rings is 1. The maximum Gasteiger partial charge on any atom is 0.252 e. The van der Waals surface area contributed by atoms with Gasteiger partial charge in [0.15, 0.2) is 0 Å². The second-order valence-electron chi connectivity index (χ2n) is 8.22. The monoisotopic (exact) mass is 441 g/mol. The molecule has 0 aliphatic heterocycles. The Labute approximate surface area is 195 Å². The molecule has 0 aliphatic rings. The van der Waals surface area contributed by atoms with Gasteiger partial charge in [0, 0.05) is 44.6 Å². The molecular formula is C27H31N5O. The van der Waals surface area contributed by atoms with Crippen molar-refractivity contribution in [2.75, 3.05) is 25.0 Å². The number of carbonyl (C=O) groups excluding carboxylic acids is 1. The van der Waals surface area contributed by atoms with E-state index in [2.05, 4.69) is 57.8 Å². The fraction of sp³-hybridized carbons (Fsp3) is 0.296. The van der Waals surface area contributed by atoms with Crippen molar-refractivity contribution in [1.82, 2.24) is 19.7 Å². The molecular weight excluding hydrogens is 410 g/mol. The number of nitrogens with one attached hydrogen (secondary N) is 1. The van der Waals surface area contributed by atoms with E-state index in [9.17, 15) is 4.79 Å². The first-order valence-corrected chi connectivity index (χ1v) is 11.6. The van der Waals surface area contributed by atoms with Gasteiger partial charge in [-0.15, -0.1) is 0 Å². The molecule has 1 amide bonds. The van der Waals surface area contributed by atoms with Crippen LogP contribution in [0.25, 0.3) is 5.65 Å². The molecule has 0 aliphatic carbocycles. The van der Waals surface area contributed by atoms with E-state index in [0.29, 0.717) is 18.5 Å². The van der Waals surface area contributed by atoms with Gasteiger partial charge in [-0.2, -0.15) is 0 Å². The van der Waals surface area contributed by atoms with Crippen LogP contribution in [0, 0.1) is 0 Å². The van der Waals surface area contributed by atoms with Gasteiger partial charge < -0.3 is 10.2 Å². The van der Waals surface area contributed by atoms with Crippen molar-refractivity contribution in [3.63, 3.8) is 0 Å². The van der Waals surface area contributed by atoms with E-state index in [1.54, 1.807) is 6.20 Å².